The number of hydrogen-bond donors (Lipinski definition) is 3. The monoisotopic (exact) mass is 223 g/mol. The number of nitrogens with zero attached hydrogens (tertiary/aromatic N) is 1. The third-order valence-electron chi connectivity index (χ3n) is 3.06. The molecule has 0 bridgehead atoms. The normalized spacial score (nSPS) is 21.1. The van der Waals surface area contributed by atoms with Gasteiger partial charge < -0.3 is 20.2 Å². The van der Waals surface area contributed by atoms with Gasteiger partial charge in [0.2, 0.25) is 0 Å². The Morgan fingerprint density at radius 1 is 1.12 bits per heavy atom. The van der Waals surface area contributed by atoms with E-state index < -0.39 is 0 Å². The Labute approximate surface area is 94.8 Å². The summed E-state index contributed by atoms with van der Waals surface area (Å²) in [5.74, 6) is 0.106. The maximum absolute atomic E-state index is 9.43. The van der Waals surface area contributed by atoms with Gasteiger partial charge in [-0.2, -0.15) is 0 Å². The summed E-state index contributed by atoms with van der Waals surface area (Å²) in [7, 11) is 0. The highest BCUT2D eigenvalue weighted by molar-refractivity contribution is 5.55. The number of aromatic hydroxyl groups is 2. The second-order valence-corrected chi connectivity index (χ2v) is 4.23. The van der Waals surface area contributed by atoms with Crippen molar-refractivity contribution in [1.29, 1.82) is 0 Å². The van der Waals surface area contributed by atoms with Gasteiger partial charge in [-0.15, -0.1) is 0 Å². The van der Waals surface area contributed by atoms with Gasteiger partial charge in [-0.05, 0) is 19.3 Å². The maximum atomic E-state index is 9.43. The molecule has 4 nitrogen and oxygen atoms in total. The lowest BCUT2D eigenvalue weighted by Crippen LogP contribution is -2.41. The standard InChI is InChI=1S/C12H17NO3/c14-8-9-3-1-2-4-13(9)10-5-11(15)7-12(16)6-10/h5-7,9,14-16H,1-4,8H2. The van der Waals surface area contributed by atoms with Crippen molar-refractivity contribution in [1.82, 2.24) is 0 Å². The van der Waals surface area contributed by atoms with Gasteiger partial charge in [0.05, 0.1) is 12.6 Å². The summed E-state index contributed by atoms with van der Waals surface area (Å²) in [6.07, 6.45) is 3.15. The van der Waals surface area contributed by atoms with Crippen LogP contribution in [0.25, 0.3) is 0 Å². The number of piperidine rings is 1. The fourth-order valence-electron chi connectivity index (χ4n) is 2.28. The van der Waals surface area contributed by atoms with Crippen LogP contribution in [-0.2, 0) is 0 Å². The Kier molecular flexibility index (Phi) is 3.19. The molecule has 1 heterocycles. The number of anilines is 1. The summed E-state index contributed by atoms with van der Waals surface area (Å²) in [5.41, 5.74) is 0.774. The first-order valence-corrected chi connectivity index (χ1v) is 5.61. The van der Waals surface area contributed by atoms with E-state index in [1.807, 2.05) is 4.90 Å². The SMILES string of the molecule is OCC1CCCCN1c1cc(O)cc(O)c1. The topological polar surface area (TPSA) is 63.9 Å². The van der Waals surface area contributed by atoms with E-state index in [1.165, 1.54) is 6.07 Å². The van der Waals surface area contributed by atoms with E-state index in [2.05, 4.69) is 0 Å². The molecular formula is C12H17NO3. The molecule has 2 rings (SSSR count). The minimum Gasteiger partial charge on any atom is -0.508 e. The molecule has 16 heavy (non-hydrogen) atoms. The molecule has 1 aromatic rings. The highest BCUT2D eigenvalue weighted by Crippen LogP contribution is 2.31. The van der Waals surface area contributed by atoms with E-state index in [-0.39, 0.29) is 24.1 Å². The van der Waals surface area contributed by atoms with Crippen molar-refractivity contribution >= 4 is 5.69 Å². The minimum absolute atomic E-state index is 0.0530. The summed E-state index contributed by atoms with van der Waals surface area (Å²) in [6, 6.07) is 4.64. The highest BCUT2D eigenvalue weighted by Gasteiger charge is 2.22. The molecule has 1 unspecified atom stereocenters. The van der Waals surface area contributed by atoms with Gasteiger partial charge >= 0.3 is 0 Å². The molecule has 0 spiro atoms. The van der Waals surface area contributed by atoms with Gasteiger partial charge in [0, 0.05) is 30.4 Å². The molecular weight excluding hydrogens is 206 g/mol. The van der Waals surface area contributed by atoms with Crippen molar-refractivity contribution in [3.63, 3.8) is 0 Å². The van der Waals surface area contributed by atoms with Crippen LogP contribution in [0.5, 0.6) is 11.5 Å². The second-order valence-electron chi connectivity index (χ2n) is 4.23. The van der Waals surface area contributed by atoms with Crippen LogP contribution in [0.4, 0.5) is 5.69 Å². The van der Waals surface area contributed by atoms with E-state index >= 15 is 0 Å². The molecule has 1 aliphatic heterocycles. The second kappa shape index (κ2) is 4.61. The van der Waals surface area contributed by atoms with E-state index in [4.69, 9.17) is 0 Å². The average Bonchev–Trinajstić information content (AvgIpc) is 2.27. The van der Waals surface area contributed by atoms with Crippen LogP contribution < -0.4 is 4.90 Å². The molecule has 1 saturated heterocycles. The third kappa shape index (κ3) is 2.22. The molecule has 0 saturated carbocycles. The Morgan fingerprint density at radius 2 is 1.81 bits per heavy atom. The van der Waals surface area contributed by atoms with Crippen molar-refractivity contribution in [3.05, 3.63) is 18.2 Å². The van der Waals surface area contributed by atoms with E-state index in [0.29, 0.717) is 0 Å². The van der Waals surface area contributed by atoms with Crippen molar-refractivity contribution < 1.29 is 15.3 Å². The van der Waals surface area contributed by atoms with Gasteiger partial charge in [0.15, 0.2) is 0 Å². The van der Waals surface area contributed by atoms with Gasteiger partial charge in [-0.3, -0.25) is 0 Å². The molecule has 3 N–H and O–H groups in total. The van der Waals surface area contributed by atoms with Crippen molar-refractivity contribution in [2.75, 3.05) is 18.1 Å². The lowest BCUT2D eigenvalue weighted by molar-refractivity contribution is 0.240. The zero-order valence-electron chi connectivity index (χ0n) is 9.13. The van der Waals surface area contributed by atoms with E-state index in [9.17, 15) is 15.3 Å². The predicted molar refractivity (Wildman–Crippen MR) is 61.8 cm³/mol. The fourth-order valence-corrected chi connectivity index (χ4v) is 2.28. The van der Waals surface area contributed by atoms with Gasteiger partial charge in [-0.25, -0.2) is 0 Å². The van der Waals surface area contributed by atoms with E-state index in [1.54, 1.807) is 12.1 Å². The molecule has 0 aliphatic carbocycles. The molecule has 1 aliphatic rings. The Hall–Kier alpha value is -1.42. The minimum atomic E-state index is 0.0530. The van der Waals surface area contributed by atoms with Crippen LogP contribution in [0.2, 0.25) is 0 Å². The lowest BCUT2D eigenvalue weighted by Gasteiger charge is -2.36. The first kappa shape index (κ1) is 11.1. The molecule has 0 amide bonds. The number of rotatable bonds is 2. The number of hydrogen-bond acceptors (Lipinski definition) is 4. The zero-order chi connectivity index (χ0) is 11.5. The van der Waals surface area contributed by atoms with Crippen LogP contribution >= 0.6 is 0 Å². The van der Waals surface area contributed by atoms with Crippen molar-refractivity contribution in [3.8, 4) is 11.5 Å². The summed E-state index contributed by atoms with van der Waals surface area (Å²) >= 11 is 0. The lowest BCUT2D eigenvalue weighted by atomic mass is 10.0. The number of benzene rings is 1. The molecule has 88 valence electrons. The molecule has 0 aromatic heterocycles. The summed E-state index contributed by atoms with van der Waals surface area (Å²) in [6.45, 7) is 0.963. The quantitative estimate of drug-likeness (QED) is 0.710. The maximum Gasteiger partial charge on any atom is 0.121 e. The Bertz CT molecular complexity index is 347. The molecule has 0 radical (unpaired) electrons. The molecule has 1 atom stereocenters. The summed E-state index contributed by atoms with van der Waals surface area (Å²) in [4.78, 5) is 2.04. The fraction of sp³-hybridized carbons (Fsp3) is 0.500. The highest BCUT2D eigenvalue weighted by atomic mass is 16.3. The van der Waals surface area contributed by atoms with Crippen LogP contribution in [0.3, 0.4) is 0 Å². The van der Waals surface area contributed by atoms with E-state index in [0.717, 1.165) is 31.5 Å². The van der Waals surface area contributed by atoms with Crippen LogP contribution in [0.15, 0.2) is 18.2 Å². The van der Waals surface area contributed by atoms with Crippen LogP contribution in [0.1, 0.15) is 19.3 Å². The van der Waals surface area contributed by atoms with Gasteiger partial charge in [0.1, 0.15) is 11.5 Å². The third-order valence-corrected chi connectivity index (χ3v) is 3.06. The van der Waals surface area contributed by atoms with Crippen molar-refractivity contribution in [2.45, 2.75) is 25.3 Å². The zero-order valence-corrected chi connectivity index (χ0v) is 9.13. The smallest absolute Gasteiger partial charge is 0.121 e. The number of phenols is 2. The summed E-state index contributed by atoms with van der Waals surface area (Å²) in [5, 5.41) is 28.2. The number of aliphatic hydroxyl groups excluding tert-OH is 1. The Morgan fingerprint density at radius 3 is 2.44 bits per heavy atom. The molecule has 4 heteroatoms. The van der Waals surface area contributed by atoms with Crippen LogP contribution in [0, 0.1) is 0 Å². The molecule has 1 fully saturated rings. The van der Waals surface area contributed by atoms with Crippen molar-refractivity contribution in [2.24, 2.45) is 0 Å². The Balaban J connectivity index is 2.26. The van der Waals surface area contributed by atoms with Gasteiger partial charge in [-0.1, -0.05) is 0 Å². The number of aliphatic hydroxyl groups is 1. The molecule has 1 aromatic carbocycles. The average molecular weight is 223 g/mol. The predicted octanol–water partition coefficient (Wildman–Crippen LogP) is 1.45. The van der Waals surface area contributed by atoms with Crippen LogP contribution in [-0.4, -0.2) is 34.5 Å². The first-order valence-electron chi connectivity index (χ1n) is 5.61. The first-order chi connectivity index (χ1) is 7.70. The number of phenolic OH excluding ortho intramolecular Hbond substituents is 2. The summed E-state index contributed by atoms with van der Waals surface area (Å²) < 4.78 is 0. The largest absolute Gasteiger partial charge is 0.508 e. The van der Waals surface area contributed by atoms with Gasteiger partial charge in [0.25, 0.3) is 0 Å².